The van der Waals surface area contributed by atoms with Crippen molar-refractivity contribution >= 4 is 5.97 Å². The molecule has 0 saturated heterocycles. The molecule has 0 saturated carbocycles. The van der Waals surface area contributed by atoms with Gasteiger partial charge in [0, 0.05) is 5.57 Å². The van der Waals surface area contributed by atoms with Gasteiger partial charge in [-0.25, -0.2) is 4.79 Å². The highest BCUT2D eigenvalue weighted by Crippen LogP contribution is 2.12. The first-order chi connectivity index (χ1) is 7.99. The third-order valence-electron chi connectivity index (χ3n) is 2.16. The molecular formula is C14H18O3. The number of hydrogen-bond donors (Lipinski definition) is 0. The van der Waals surface area contributed by atoms with Gasteiger partial charge in [0.15, 0.2) is 0 Å². The van der Waals surface area contributed by atoms with E-state index in [0.717, 1.165) is 5.75 Å². The zero-order chi connectivity index (χ0) is 12.8. The van der Waals surface area contributed by atoms with Crippen LogP contribution in [0.1, 0.15) is 19.4 Å². The maximum absolute atomic E-state index is 11.2. The molecular weight excluding hydrogens is 216 g/mol. The molecule has 1 aromatic rings. The molecule has 0 bridgehead atoms. The van der Waals surface area contributed by atoms with Crippen LogP contribution in [0.25, 0.3) is 0 Å². The largest absolute Gasteiger partial charge is 0.490 e. The zero-order valence-electron chi connectivity index (χ0n) is 10.5. The van der Waals surface area contributed by atoms with Gasteiger partial charge in [-0.15, -0.1) is 0 Å². The second kappa shape index (κ2) is 6.09. The monoisotopic (exact) mass is 234 g/mol. The quantitative estimate of drug-likeness (QED) is 0.580. The predicted octanol–water partition coefficient (Wildman–Crippen LogP) is 2.88. The van der Waals surface area contributed by atoms with Crippen LogP contribution in [0, 0.1) is 6.92 Å². The van der Waals surface area contributed by atoms with Crippen molar-refractivity contribution in [2.75, 3.05) is 6.61 Å². The summed E-state index contributed by atoms with van der Waals surface area (Å²) in [5, 5.41) is 0. The van der Waals surface area contributed by atoms with Gasteiger partial charge < -0.3 is 9.47 Å². The maximum atomic E-state index is 11.2. The lowest BCUT2D eigenvalue weighted by Gasteiger charge is -2.14. The standard InChI is InChI=1S/C14H18O3/c1-10(2)14(15)17-12(4)9-16-13-7-5-11(3)6-8-13/h5-8,12H,1,9H2,2-4H3. The van der Waals surface area contributed by atoms with Crippen LogP contribution in [0.4, 0.5) is 0 Å². The Balaban J connectivity index is 2.38. The smallest absolute Gasteiger partial charge is 0.333 e. The van der Waals surface area contributed by atoms with Gasteiger partial charge in [0.25, 0.3) is 0 Å². The van der Waals surface area contributed by atoms with Crippen LogP contribution in [0.3, 0.4) is 0 Å². The molecule has 0 aromatic heterocycles. The average molecular weight is 234 g/mol. The minimum atomic E-state index is -0.384. The Kier molecular flexibility index (Phi) is 4.76. The van der Waals surface area contributed by atoms with Gasteiger partial charge in [0.05, 0.1) is 0 Å². The van der Waals surface area contributed by atoms with Crippen LogP contribution in [0.15, 0.2) is 36.4 Å². The van der Waals surface area contributed by atoms with Crippen molar-refractivity contribution in [3.05, 3.63) is 42.0 Å². The third-order valence-corrected chi connectivity index (χ3v) is 2.16. The van der Waals surface area contributed by atoms with E-state index in [1.807, 2.05) is 31.2 Å². The van der Waals surface area contributed by atoms with Gasteiger partial charge in [-0.2, -0.15) is 0 Å². The van der Waals surface area contributed by atoms with Gasteiger partial charge in [-0.1, -0.05) is 24.3 Å². The van der Waals surface area contributed by atoms with Crippen LogP contribution in [0.2, 0.25) is 0 Å². The van der Waals surface area contributed by atoms with E-state index in [4.69, 9.17) is 9.47 Å². The summed E-state index contributed by atoms with van der Waals surface area (Å²) in [5.74, 6) is 0.388. The Labute approximate surface area is 102 Å². The number of carbonyl (C=O) groups is 1. The number of hydrogen-bond acceptors (Lipinski definition) is 3. The molecule has 0 fully saturated rings. The third kappa shape index (κ3) is 4.72. The number of benzene rings is 1. The van der Waals surface area contributed by atoms with Crippen LogP contribution in [-0.2, 0) is 9.53 Å². The summed E-state index contributed by atoms with van der Waals surface area (Å²) in [6.45, 7) is 9.28. The van der Waals surface area contributed by atoms with Crippen molar-refractivity contribution in [1.29, 1.82) is 0 Å². The maximum Gasteiger partial charge on any atom is 0.333 e. The SMILES string of the molecule is C=C(C)C(=O)OC(C)COc1ccc(C)cc1. The van der Waals surface area contributed by atoms with Crippen molar-refractivity contribution in [1.82, 2.24) is 0 Å². The molecule has 0 radical (unpaired) electrons. The normalized spacial score (nSPS) is 11.7. The molecule has 3 heteroatoms. The Morgan fingerprint density at radius 1 is 1.35 bits per heavy atom. The van der Waals surface area contributed by atoms with Crippen molar-refractivity contribution < 1.29 is 14.3 Å². The number of esters is 1. The van der Waals surface area contributed by atoms with Crippen molar-refractivity contribution in [2.45, 2.75) is 26.9 Å². The molecule has 1 atom stereocenters. The summed E-state index contributed by atoms with van der Waals surface area (Å²) in [6, 6.07) is 7.73. The van der Waals surface area contributed by atoms with Gasteiger partial charge in [0.1, 0.15) is 18.5 Å². The summed E-state index contributed by atoms with van der Waals surface area (Å²) in [5.41, 5.74) is 1.58. The number of ether oxygens (including phenoxy) is 2. The number of aryl methyl sites for hydroxylation is 1. The molecule has 1 aromatic carbocycles. The highest BCUT2D eigenvalue weighted by Gasteiger charge is 2.10. The fourth-order valence-electron chi connectivity index (χ4n) is 1.17. The van der Waals surface area contributed by atoms with E-state index < -0.39 is 0 Å². The summed E-state index contributed by atoms with van der Waals surface area (Å²) in [6.07, 6.45) is -0.291. The fourth-order valence-corrected chi connectivity index (χ4v) is 1.17. The first-order valence-electron chi connectivity index (χ1n) is 5.55. The van der Waals surface area contributed by atoms with Crippen LogP contribution in [0.5, 0.6) is 5.75 Å². The molecule has 1 rings (SSSR count). The van der Waals surface area contributed by atoms with Crippen LogP contribution < -0.4 is 4.74 Å². The second-order valence-corrected chi connectivity index (χ2v) is 4.12. The molecule has 0 heterocycles. The van der Waals surface area contributed by atoms with Gasteiger partial charge >= 0.3 is 5.97 Å². The van der Waals surface area contributed by atoms with E-state index in [0.29, 0.717) is 12.2 Å². The molecule has 0 aliphatic heterocycles. The van der Waals surface area contributed by atoms with Gasteiger partial charge in [-0.3, -0.25) is 0 Å². The molecule has 1 unspecified atom stereocenters. The average Bonchev–Trinajstić information content (AvgIpc) is 2.28. The van der Waals surface area contributed by atoms with Gasteiger partial charge in [-0.05, 0) is 32.9 Å². The summed E-state index contributed by atoms with van der Waals surface area (Å²) < 4.78 is 10.6. The Bertz CT molecular complexity index is 392. The molecule has 0 aliphatic rings. The Morgan fingerprint density at radius 2 is 1.94 bits per heavy atom. The molecule has 3 nitrogen and oxygen atoms in total. The van der Waals surface area contributed by atoms with E-state index in [9.17, 15) is 4.79 Å². The minimum Gasteiger partial charge on any atom is -0.490 e. The van der Waals surface area contributed by atoms with Gasteiger partial charge in [0.2, 0.25) is 0 Å². The molecule has 17 heavy (non-hydrogen) atoms. The number of rotatable bonds is 5. The van der Waals surface area contributed by atoms with E-state index in [2.05, 4.69) is 6.58 Å². The summed E-state index contributed by atoms with van der Waals surface area (Å²) >= 11 is 0. The lowest BCUT2D eigenvalue weighted by atomic mass is 10.2. The Morgan fingerprint density at radius 3 is 2.47 bits per heavy atom. The van der Waals surface area contributed by atoms with E-state index in [1.54, 1.807) is 13.8 Å². The molecule has 0 N–H and O–H groups in total. The van der Waals surface area contributed by atoms with E-state index >= 15 is 0 Å². The Hall–Kier alpha value is -1.77. The first kappa shape index (κ1) is 13.3. The zero-order valence-corrected chi connectivity index (χ0v) is 10.5. The topological polar surface area (TPSA) is 35.5 Å². The number of carbonyl (C=O) groups excluding carboxylic acids is 1. The molecule has 92 valence electrons. The second-order valence-electron chi connectivity index (χ2n) is 4.12. The molecule has 0 amide bonds. The molecule has 0 spiro atoms. The van der Waals surface area contributed by atoms with Crippen molar-refractivity contribution in [2.24, 2.45) is 0 Å². The first-order valence-corrected chi connectivity index (χ1v) is 5.55. The summed E-state index contributed by atoms with van der Waals surface area (Å²) in [7, 11) is 0. The lowest BCUT2D eigenvalue weighted by Crippen LogP contribution is -2.22. The van der Waals surface area contributed by atoms with Crippen LogP contribution in [-0.4, -0.2) is 18.7 Å². The summed E-state index contributed by atoms with van der Waals surface area (Å²) in [4.78, 5) is 11.2. The van der Waals surface area contributed by atoms with Crippen molar-refractivity contribution in [3.8, 4) is 5.75 Å². The van der Waals surface area contributed by atoms with E-state index in [1.165, 1.54) is 5.56 Å². The minimum absolute atomic E-state index is 0.291. The van der Waals surface area contributed by atoms with Crippen molar-refractivity contribution in [3.63, 3.8) is 0 Å². The van der Waals surface area contributed by atoms with Crippen LogP contribution >= 0.6 is 0 Å². The fraction of sp³-hybridized carbons (Fsp3) is 0.357. The highest BCUT2D eigenvalue weighted by atomic mass is 16.6. The lowest BCUT2D eigenvalue weighted by molar-refractivity contribution is -0.144. The highest BCUT2D eigenvalue weighted by molar-refractivity contribution is 5.87. The van der Waals surface area contributed by atoms with E-state index in [-0.39, 0.29) is 12.1 Å². The molecule has 0 aliphatic carbocycles. The predicted molar refractivity (Wildman–Crippen MR) is 67.0 cm³/mol.